The molecule has 0 bridgehead atoms. The summed E-state index contributed by atoms with van der Waals surface area (Å²) in [4.78, 5) is 11.7. The van der Waals surface area contributed by atoms with E-state index in [2.05, 4.69) is 26.0 Å². The third-order valence-corrected chi connectivity index (χ3v) is 5.10. The number of aldehydes is 1. The van der Waals surface area contributed by atoms with Crippen LogP contribution in [-0.2, 0) is 14.3 Å². The Bertz CT molecular complexity index is 339. The summed E-state index contributed by atoms with van der Waals surface area (Å²) in [7, 11) is 1.62. The number of fused-ring (bicyclic) bond motifs is 1. The first-order valence-electron chi connectivity index (χ1n) is 7.33. The summed E-state index contributed by atoms with van der Waals surface area (Å²) in [6.07, 6.45) is 9.31. The van der Waals surface area contributed by atoms with Gasteiger partial charge in [0.2, 0.25) is 0 Å². The first-order valence-corrected chi connectivity index (χ1v) is 7.33. The maximum atomic E-state index is 11.7. The third kappa shape index (κ3) is 2.92. The second kappa shape index (κ2) is 6.19. The van der Waals surface area contributed by atoms with Gasteiger partial charge in [0.1, 0.15) is 13.1 Å². The number of ether oxygens (including phenoxy) is 2. The summed E-state index contributed by atoms with van der Waals surface area (Å²) in [5.74, 6) is 2.00. The van der Waals surface area contributed by atoms with Crippen molar-refractivity contribution in [3.63, 3.8) is 0 Å². The van der Waals surface area contributed by atoms with E-state index < -0.39 is 0 Å². The largest absolute Gasteiger partial charge is 0.359 e. The Morgan fingerprint density at radius 2 is 2.16 bits per heavy atom. The quantitative estimate of drug-likeness (QED) is 0.332. The van der Waals surface area contributed by atoms with Gasteiger partial charge in [-0.05, 0) is 30.6 Å². The zero-order chi connectivity index (χ0) is 13.9. The molecule has 3 heteroatoms. The van der Waals surface area contributed by atoms with Crippen molar-refractivity contribution in [2.24, 2.45) is 29.1 Å². The zero-order valence-electron chi connectivity index (χ0n) is 12.3. The highest BCUT2D eigenvalue weighted by Gasteiger charge is 2.47. The second-order valence-corrected chi connectivity index (χ2v) is 6.44. The molecule has 0 aromatic rings. The van der Waals surface area contributed by atoms with E-state index in [1.54, 1.807) is 7.11 Å². The average Bonchev–Trinajstić information content (AvgIpc) is 2.41. The van der Waals surface area contributed by atoms with Gasteiger partial charge >= 0.3 is 0 Å². The lowest BCUT2D eigenvalue weighted by atomic mass is 9.56. The molecular weight excluding hydrogens is 240 g/mol. The fourth-order valence-corrected chi connectivity index (χ4v) is 3.84. The Morgan fingerprint density at radius 1 is 1.37 bits per heavy atom. The van der Waals surface area contributed by atoms with Crippen molar-refractivity contribution in [2.45, 2.75) is 33.1 Å². The minimum absolute atomic E-state index is 0.176. The smallest absolute Gasteiger partial charge is 0.146 e. The molecule has 3 nitrogen and oxygen atoms in total. The molecule has 5 atom stereocenters. The van der Waals surface area contributed by atoms with E-state index in [-0.39, 0.29) is 11.3 Å². The van der Waals surface area contributed by atoms with Crippen LogP contribution in [0.1, 0.15) is 33.1 Å². The summed E-state index contributed by atoms with van der Waals surface area (Å²) >= 11 is 0. The molecule has 2 aliphatic rings. The van der Waals surface area contributed by atoms with E-state index in [1.165, 1.54) is 19.1 Å². The van der Waals surface area contributed by atoms with Crippen molar-refractivity contribution >= 4 is 6.29 Å². The standard InChI is InChI=1S/C16H26O3/c1-12-4-7-15-13(8-12)5-6-14(9-19-11-18-3)16(15,2)10-17/h5-6,10,12-15H,4,7-9,11H2,1-3H3/t12-,13-,14+,15-,16-/m1/s1. The Kier molecular flexibility index (Phi) is 4.80. The maximum Gasteiger partial charge on any atom is 0.146 e. The van der Waals surface area contributed by atoms with Gasteiger partial charge in [-0.15, -0.1) is 0 Å². The van der Waals surface area contributed by atoms with E-state index >= 15 is 0 Å². The number of hydrogen-bond acceptors (Lipinski definition) is 3. The number of methoxy groups -OCH3 is 1. The van der Waals surface area contributed by atoms with Crippen LogP contribution in [0.5, 0.6) is 0 Å². The number of carbonyl (C=O) groups excluding carboxylic acids is 1. The fourth-order valence-electron chi connectivity index (χ4n) is 3.84. The minimum atomic E-state index is -0.284. The van der Waals surface area contributed by atoms with Gasteiger partial charge in [-0.3, -0.25) is 0 Å². The molecule has 0 aromatic heterocycles. The molecule has 108 valence electrons. The van der Waals surface area contributed by atoms with Crippen LogP contribution in [0.15, 0.2) is 12.2 Å². The number of rotatable bonds is 5. The molecule has 1 saturated carbocycles. The highest BCUT2D eigenvalue weighted by molar-refractivity contribution is 5.61. The lowest BCUT2D eigenvalue weighted by Crippen LogP contribution is -2.46. The molecule has 0 spiro atoms. The topological polar surface area (TPSA) is 35.5 Å². The van der Waals surface area contributed by atoms with Gasteiger partial charge < -0.3 is 14.3 Å². The SMILES string of the molecule is COCOC[C@@H]1C=C[C@@H]2C[C@H](C)CC[C@H]2[C@]1(C)C=O. The number of hydrogen-bond donors (Lipinski definition) is 0. The monoisotopic (exact) mass is 266 g/mol. The van der Waals surface area contributed by atoms with Crippen molar-refractivity contribution < 1.29 is 14.3 Å². The van der Waals surface area contributed by atoms with E-state index in [9.17, 15) is 4.79 Å². The van der Waals surface area contributed by atoms with Crippen LogP contribution in [0.2, 0.25) is 0 Å². The normalized spacial score (nSPS) is 41.8. The van der Waals surface area contributed by atoms with Crippen molar-refractivity contribution in [3.8, 4) is 0 Å². The molecule has 0 N–H and O–H groups in total. The van der Waals surface area contributed by atoms with Crippen LogP contribution < -0.4 is 0 Å². The number of allylic oxidation sites excluding steroid dienone is 1. The number of carbonyl (C=O) groups is 1. The van der Waals surface area contributed by atoms with Crippen LogP contribution in [0.25, 0.3) is 0 Å². The van der Waals surface area contributed by atoms with Gasteiger partial charge in [0.05, 0.1) is 6.61 Å². The van der Waals surface area contributed by atoms with E-state index in [0.29, 0.717) is 25.2 Å². The molecule has 0 aliphatic heterocycles. The summed E-state index contributed by atoms with van der Waals surface area (Å²) in [6.45, 7) is 5.29. The maximum absolute atomic E-state index is 11.7. The molecule has 0 amide bonds. The van der Waals surface area contributed by atoms with Crippen LogP contribution in [0, 0.1) is 29.1 Å². The Balaban J connectivity index is 2.12. The summed E-state index contributed by atoms with van der Waals surface area (Å²) in [5.41, 5.74) is -0.284. The van der Waals surface area contributed by atoms with Gasteiger partial charge in [0, 0.05) is 18.4 Å². The van der Waals surface area contributed by atoms with Gasteiger partial charge in [-0.2, -0.15) is 0 Å². The predicted molar refractivity (Wildman–Crippen MR) is 74.6 cm³/mol. The Hall–Kier alpha value is -0.670. The molecular formula is C16H26O3. The van der Waals surface area contributed by atoms with Crippen LogP contribution in [-0.4, -0.2) is 26.8 Å². The summed E-state index contributed by atoms with van der Waals surface area (Å²) in [5, 5.41) is 0. The fraction of sp³-hybridized carbons (Fsp3) is 0.812. The summed E-state index contributed by atoms with van der Waals surface area (Å²) in [6, 6.07) is 0. The van der Waals surface area contributed by atoms with Crippen molar-refractivity contribution in [2.75, 3.05) is 20.5 Å². The van der Waals surface area contributed by atoms with E-state index in [0.717, 1.165) is 12.3 Å². The lowest BCUT2D eigenvalue weighted by molar-refractivity contribution is -0.128. The zero-order valence-corrected chi connectivity index (χ0v) is 12.3. The van der Waals surface area contributed by atoms with Crippen molar-refractivity contribution in [3.05, 3.63) is 12.2 Å². The molecule has 2 rings (SSSR count). The molecule has 2 aliphatic carbocycles. The first kappa shape index (κ1) is 14.7. The van der Waals surface area contributed by atoms with Gasteiger partial charge in [-0.25, -0.2) is 0 Å². The molecule has 0 unspecified atom stereocenters. The predicted octanol–water partition coefficient (Wildman–Crippen LogP) is 3.05. The first-order chi connectivity index (χ1) is 9.11. The highest BCUT2D eigenvalue weighted by atomic mass is 16.7. The van der Waals surface area contributed by atoms with Crippen LogP contribution in [0.3, 0.4) is 0 Å². The van der Waals surface area contributed by atoms with Gasteiger partial charge in [0.15, 0.2) is 0 Å². The van der Waals surface area contributed by atoms with Crippen LogP contribution in [0.4, 0.5) is 0 Å². The van der Waals surface area contributed by atoms with Crippen molar-refractivity contribution in [1.29, 1.82) is 0 Å². The van der Waals surface area contributed by atoms with E-state index in [4.69, 9.17) is 9.47 Å². The average molecular weight is 266 g/mol. The molecule has 0 saturated heterocycles. The molecule has 19 heavy (non-hydrogen) atoms. The Labute approximate surface area is 116 Å². The lowest BCUT2D eigenvalue weighted by Gasteiger charge is -2.48. The van der Waals surface area contributed by atoms with Crippen molar-refractivity contribution in [1.82, 2.24) is 0 Å². The summed E-state index contributed by atoms with van der Waals surface area (Å²) < 4.78 is 10.4. The molecule has 0 aromatic carbocycles. The third-order valence-electron chi connectivity index (χ3n) is 5.10. The second-order valence-electron chi connectivity index (χ2n) is 6.44. The molecule has 0 heterocycles. The molecule has 1 fully saturated rings. The highest BCUT2D eigenvalue weighted by Crippen LogP contribution is 2.50. The van der Waals surface area contributed by atoms with E-state index in [1.807, 2.05) is 0 Å². The van der Waals surface area contributed by atoms with Crippen LogP contribution >= 0.6 is 0 Å². The van der Waals surface area contributed by atoms with Gasteiger partial charge in [-0.1, -0.05) is 32.4 Å². The minimum Gasteiger partial charge on any atom is -0.359 e. The Morgan fingerprint density at radius 3 is 2.84 bits per heavy atom. The molecule has 0 radical (unpaired) electrons. The van der Waals surface area contributed by atoms with Gasteiger partial charge in [0.25, 0.3) is 0 Å².